The maximum absolute atomic E-state index is 12.9. The average Bonchev–Trinajstić information content (AvgIpc) is 2.75. The van der Waals surface area contributed by atoms with Crippen molar-refractivity contribution in [2.45, 2.75) is 78.4 Å². The Balaban J connectivity index is 1.43. The molecule has 2 fully saturated rings. The largest absolute Gasteiger partial charge is 0.372 e. The third-order valence-electron chi connectivity index (χ3n) is 5.97. The molecule has 0 aromatic heterocycles. The van der Waals surface area contributed by atoms with Crippen LogP contribution in [-0.2, 0) is 27.4 Å². The Morgan fingerprint density at radius 3 is 2.31 bits per heavy atom. The Morgan fingerprint density at radius 2 is 1.69 bits per heavy atom. The lowest BCUT2D eigenvalue weighted by Gasteiger charge is -2.39. The minimum atomic E-state index is -0.185. The molecule has 2 saturated heterocycles. The van der Waals surface area contributed by atoms with E-state index >= 15 is 0 Å². The highest BCUT2D eigenvalue weighted by atomic mass is 16.5. The quantitative estimate of drug-likeness (QED) is 0.752. The van der Waals surface area contributed by atoms with E-state index in [0.29, 0.717) is 52.2 Å². The molecule has 2 unspecified atom stereocenters. The molecule has 2 heterocycles. The first-order valence-electron chi connectivity index (χ1n) is 11.8. The van der Waals surface area contributed by atoms with Crippen molar-refractivity contribution in [1.29, 1.82) is 0 Å². The number of carbonyl (C=O) groups is 2. The first-order valence-corrected chi connectivity index (χ1v) is 11.8. The van der Waals surface area contributed by atoms with Crippen LogP contribution in [0.25, 0.3) is 0 Å². The number of urea groups is 1. The van der Waals surface area contributed by atoms with Crippen LogP contribution >= 0.6 is 0 Å². The zero-order valence-corrected chi connectivity index (χ0v) is 20.2. The summed E-state index contributed by atoms with van der Waals surface area (Å²) in [6.45, 7) is 13.7. The van der Waals surface area contributed by atoms with E-state index in [-0.39, 0.29) is 35.7 Å². The number of hydrogen-bond acceptors (Lipinski definition) is 4. The van der Waals surface area contributed by atoms with Crippen LogP contribution in [0.2, 0.25) is 0 Å². The number of nitrogens with zero attached hydrogens (tertiary/aromatic N) is 2. The van der Waals surface area contributed by atoms with E-state index in [1.807, 2.05) is 62.6 Å². The number of rotatable bonds is 5. The number of piperidine rings is 1. The summed E-state index contributed by atoms with van der Waals surface area (Å²) in [5.41, 5.74) is 1.96. The number of carbonyl (C=O) groups excluding carboxylic acids is 2. The molecular formula is C25H39N3O4. The molecule has 0 saturated carbocycles. The third-order valence-corrected chi connectivity index (χ3v) is 5.97. The van der Waals surface area contributed by atoms with Crippen molar-refractivity contribution >= 4 is 11.9 Å². The third kappa shape index (κ3) is 7.20. The normalized spacial score (nSPS) is 22.7. The lowest BCUT2D eigenvalue weighted by atomic mass is 9.95. The fraction of sp³-hybridized carbons (Fsp3) is 0.680. The van der Waals surface area contributed by atoms with Gasteiger partial charge in [0, 0.05) is 38.6 Å². The molecule has 2 aliphatic heterocycles. The summed E-state index contributed by atoms with van der Waals surface area (Å²) in [5.74, 6) is 0.206. The Kier molecular flexibility index (Phi) is 8.17. The van der Waals surface area contributed by atoms with Gasteiger partial charge < -0.3 is 24.6 Å². The van der Waals surface area contributed by atoms with Gasteiger partial charge in [-0.1, -0.05) is 24.3 Å². The van der Waals surface area contributed by atoms with Crippen molar-refractivity contribution in [3.8, 4) is 0 Å². The summed E-state index contributed by atoms with van der Waals surface area (Å²) in [6, 6.07) is 8.04. The van der Waals surface area contributed by atoms with Gasteiger partial charge in [0.15, 0.2) is 0 Å². The minimum Gasteiger partial charge on any atom is -0.372 e. The van der Waals surface area contributed by atoms with Gasteiger partial charge in [0.2, 0.25) is 5.91 Å². The predicted octanol–water partition coefficient (Wildman–Crippen LogP) is 3.56. The molecule has 0 radical (unpaired) electrons. The van der Waals surface area contributed by atoms with E-state index in [4.69, 9.17) is 9.47 Å². The van der Waals surface area contributed by atoms with Gasteiger partial charge in [-0.15, -0.1) is 0 Å². The standard InChI is InChI=1S/C25H39N3O4/c1-18-15-28(16-19(2)32-18)23(29)22-9-11-27(12-10-22)24(30)26-14-20-7-6-8-21(13-20)17-31-25(3,4)5/h6-8,13,18-19,22H,9-12,14-17H2,1-5H3,(H,26,30). The molecule has 1 N–H and O–H groups in total. The second-order valence-electron chi connectivity index (χ2n) is 10.1. The number of ether oxygens (including phenoxy) is 2. The number of morpholine rings is 1. The lowest BCUT2D eigenvalue weighted by molar-refractivity contribution is -0.148. The first-order chi connectivity index (χ1) is 15.1. The summed E-state index contributed by atoms with van der Waals surface area (Å²) < 4.78 is 11.6. The van der Waals surface area contributed by atoms with Gasteiger partial charge in [-0.2, -0.15) is 0 Å². The summed E-state index contributed by atoms with van der Waals surface area (Å²) in [5, 5.41) is 3.02. The minimum absolute atomic E-state index is 0.00366. The first kappa shape index (κ1) is 24.5. The van der Waals surface area contributed by atoms with Gasteiger partial charge in [-0.25, -0.2) is 4.79 Å². The zero-order valence-electron chi connectivity index (χ0n) is 20.2. The van der Waals surface area contributed by atoms with E-state index < -0.39 is 0 Å². The van der Waals surface area contributed by atoms with Crippen LogP contribution in [0.5, 0.6) is 0 Å². The predicted molar refractivity (Wildman–Crippen MR) is 124 cm³/mol. The topological polar surface area (TPSA) is 71.1 Å². The molecule has 7 heteroatoms. The summed E-state index contributed by atoms with van der Waals surface area (Å²) in [6.07, 6.45) is 1.58. The van der Waals surface area contributed by atoms with Gasteiger partial charge >= 0.3 is 6.03 Å². The molecule has 0 spiro atoms. The van der Waals surface area contributed by atoms with Crippen molar-refractivity contribution in [2.75, 3.05) is 26.2 Å². The lowest BCUT2D eigenvalue weighted by Crippen LogP contribution is -2.52. The average molecular weight is 446 g/mol. The van der Waals surface area contributed by atoms with Gasteiger partial charge in [-0.05, 0) is 58.6 Å². The second-order valence-corrected chi connectivity index (χ2v) is 10.1. The van der Waals surface area contributed by atoms with Crippen molar-refractivity contribution < 1.29 is 19.1 Å². The molecule has 2 aliphatic rings. The maximum Gasteiger partial charge on any atom is 0.317 e. The Labute approximate surface area is 192 Å². The molecule has 3 rings (SSSR count). The van der Waals surface area contributed by atoms with Crippen LogP contribution in [0.4, 0.5) is 4.79 Å². The molecule has 0 bridgehead atoms. The van der Waals surface area contributed by atoms with Crippen molar-refractivity contribution in [3.05, 3.63) is 35.4 Å². The summed E-state index contributed by atoms with van der Waals surface area (Å²) in [4.78, 5) is 29.3. The molecule has 2 atom stereocenters. The number of amides is 3. The Bertz CT molecular complexity index is 774. The molecule has 1 aromatic rings. The van der Waals surface area contributed by atoms with E-state index in [1.54, 1.807) is 0 Å². The molecule has 0 aliphatic carbocycles. The monoisotopic (exact) mass is 445 g/mol. The Hall–Kier alpha value is -2.12. The van der Waals surface area contributed by atoms with E-state index in [9.17, 15) is 9.59 Å². The number of benzene rings is 1. The van der Waals surface area contributed by atoms with Crippen molar-refractivity contribution in [3.63, 3.8) is 0 Å². The highest BCUT2D eigenvalue weighted by Crippen LogP contribution is 2.22. The fourth-order valence-electron chi connectivity index (χ4n) is 4.36. The van der Waals surface area contributed by atoms with Crippen LogP contribution in [0.15, 0.2) is 24.3 Å². The van der Waals surface area contributed by atoms with Gasteiger partial charge in [0.05, 0.1) is 24.4 Å². The molecule has 178 valence electrons. The van der Waals surface area contributed by atoms with Gasteiger partial charge in [0.25, 0.3) is 0 Å². The fourth-order valence-corrected chi connectivity index (χ4v) is 4.36. The highest BCUT2D eigenvalue weighted by Gasteiger charge is 2.33. The van der Waals surface area contributed by atoms with Gasteiger partial charge in [0.1, 0.15) is 0 Å². The van der Waals surface area contributed by atoms with Crippen LogP contribution in [0.1, 0.15) is 58.6 Å². The SMILES string of the molecule is CC1CN(C(=O)C2CCN(C(=O)NCc3cccc(COC(C)(C)C)c3)CC2)CC(C)O1. The number of likely N-dealkylation sites (tertiary alicyclic amines) is 1. The maximum atomic E-state index is 12.9. The highest BCUT2D eigenvalue weighted by molar-refractivity contribution is 5.80. The zero-order chi connectivity index (χ0) is 23.3. The number of nitrogens with one attached hydrogen (secondary N) is 1. The van der Waals surface area contributed by atoms with Crippen LogP contribution in [-0.4, -0.2) is 65.7 Å². The van der Waals surface area contributed by atoms with Crippen LogP contribution in [0.3, 0.4) is 0 Å². The van der Waals surface area contributed by atoms with E-state index in [2.05, 4.69) is 11.4 Å². The number of hydrogen-bond donors (Lipinski definition) is 1. The molecule has 1 aromatic carbocycles. The van der Waals surface area contributed by atoms with Crippen molar-refractivity contribution in [1.82, 2.24) is 15.1 Å². The molecule has 7 nitrogen and oxygen atoms in total. The molecule has 3 amide bonds. The smallest absolute Gasteiger partial charge is 0.317 e. The Morgan fingerprint density at radius 1 is 1.06 bits per heavy atom. The van der Waals surface area contributed by atoms with E-state index in [1.165, 1.54) is 0 Å². The molecular weight excluding hydrogens is 406 g/mol. The summed E-state index contributed by atoms with van der Waals surface area (Å²) in [7, 11) is 0. The van der Waals surface area contributed by atoms with Gasteiger partial charge in [-0.3, -0.25) is 4.79 Å². The van der Waals surface area contributed by atoms with E-state index in [0.717, 1.165) is 11.1 Å². The second kappa shape index (κ2) is 10.7. The van der Waals surface area contributed by atoms with Crippen LogP contribution in [0, 0.1) is 5.92 Å². The molecule has 32 heavy (non-hydrogen) atoms. The van der Waals surface area contributed by atoms with Crippen LogP contribution < -0.4 is 5.32 Å². The van der Waals surface area contributed by atoms with Crippen molar-refractivity contribution in [2.24, 2.45) is 5.92 Å². The summed E-state index contributed by atoms with van der Waals surface area (Å²) >= 11 is 0.